The third-order valence-electron chi connectivity index (χ3n) is 5.04. The molecule has 1 saturated heterocycles. The number of hydrogen-bond donors (Lipinski definition) is 1. The fourth-order valence-electron chi connectivity index (χ4n) is 3.12. The number of piperazine rings is 1. The van der Waals surface area contributed by atoms with Gasteiger partial charge in [0.15, 0.2) is 5.13 Å². The summed E-state index contributed by atoms with van der Waals surface area (Å²) >= 11 is 1.40. The molecule has 152 valence electrons. The molecule has 1 unspecified atom stereocenters. The number of hydrogen-bond acceptors (Lipinski definition) is 6. The number of rotatable bonds is 6. The van der Waals surface area contributed by atoms with Crippen molar-refractivity contribution in [1.82, 2.24) is 14.2 Å². The molecular weight excluding hydrogens is 396 g/mol. The van der Waals surface area contributed by atoms with E-state index in [-0.39, 0.29) is 17.7 Å². The highest BCUT2D eigenvalue weighted by Gasteiger charge is 2.30. The minimum absolute atomic E-state index is 0.108. The number of aryl methyl sites for hydroxylation is 1. The van der Waals surface area contributed by atoms with Crippen LogP contribution in [0.25, 0.3) is 11.3 Å². The summed E-state index contributed by atoms with van der Waals surface area (Å²) in [5, 5.41) is 5.39. The molecule has 0 spiro atoms. The van der Waals surface area contributed by atoms with Crippen LogP contribution in [-0.2, 0) is 14.8 Å². The van der Waals surface area contributed by atoms with Crippen LogP contribution in [0.4, 0.5) is 5.13 Å². The fraction of sp³-hybridized carbons (Fsp3) is 0.474. The average molecular weight is 423 g/mol. The molecule has 0 saturated carbocycles. The van der Waals surface area contributed by atoms with Crippen LogP contribution in [0.1, 0.15) is 19.4 Å². The summed E-state index contributed by atoms with van der Waals surface area (Å²) in [7, 11) is -3.17. The number of carbonyl (C=O) groups excluding carboxylic acids is 1. The van der Waals surface area contributed by atoms with Crippen LogP contribution in [0.3, 0.4) is 0 Å². The molecule has 1 aliphatic rings. The van der Waals surface area contributed by atoms with E-state index in [0.717, 1.165) is 11.3 Å². The Morgan fingerprint density at radius 2 is 1.86 bits per heavy atom. The number of aromatic nitrogens is 1. The van der Waals surface area contributed by atoms with Gasteiger partial charge < -0.3 is 5.32 Å². The summed E-state index contributed by atoms with van der Waals surface area (Å²) in [5.41, 5.74) is 3.04. The van der Waals surface area contributed by atoms with Crippen molar-refractivity contribution >= 4 is 32.4 Å². The van der Waals surface area contributed by atoms with Gasteiger partial charge in [0.05, 0.1) is 17.5 Å². The zero-order chi connectivity index (χ0) is 20.3. The highest BCUT2D eigenvalue weighted by Crippen LogP contribution is 2.25. The van der Waals surface area contributed by atoms with Crippen molar-refractivity contribution in [2.75, 3.05) is 37.2 Å². The van der Waals surface area contributed by atoms with Crippen molar-refractivity contribution in [1.29, 1.82) is 0 Å². The minimum atomic E-state index is -3.17. The maximum Gasteiger partial charge on any atom is 0.243 e. The average Bonchev–Trinajstić information content (AvgIpc) is 3.16. The molecule has 0 aliphatic carbocycles. The minimum Gasteiger partial charge on any atom is -0.301 e. The Kier molecular flexibility index (Phi) is 6.49. The number of amides is 1. The Hall–Kier alpha value is -1.81. The molecule has 2 heterocycles. The van der Waals surface area contributed by atoms with E-state index in [1.54, 1.807) is 6.92 Å². The standard InChI is InChI=1S/C19H26N4O3S2/c1-4-28(25,26)23-11-9-22(10-12-23)15(3)18(24)21-19-20-17(13-27-19)16-7-5-14(2)6-8-16/h5-8,13,15H,4,9-12H2,1-3H3,(H,20,21,24). The molecule has 0 radical (unpaired) electrons. The summed E-state index contributed by atoms with van der Waals surface area (Å²) in [6.07, 6.45) is 0. The largest absolute Gasteiger partial charge is 0.301 e. The highest BCUT2D eigenvalue weighted by molar-refractivity contribution is 7.89. The van der Waals surface area contributed by atoms with Gasteiger partial charge in [-0.2, -0.15) is 4.31 Å². The SMILES string of the molecule is CCS(=O)(=O)N1CCN(C(C)C(=O)Nc2nc(-c3ccc(C)cc3)cs2)CC1. The van der Waals surface area contributed by atoms with Gasteiger partial charge in [0.1, 0.15) is 0 Å². The monoisotopic (exact) mass is 422 g/mol. The number of thiazole rings is 1. The Morgan fingerprint density at radius 1 is 1.21 bits per heavy atom. The van der Waals surface area contributed by atoms with Gasteiger partial charge in [0.2, 0.25) is 15.9 Å². The van der Waals surface area contributed by atoms with Crippen molar-refractivity contribution in [3.8, 4) is 11.3 Å². The second kappa shape index (κ2) is 8.69. The van der Waals surface area contributed by atoms with Crippen LogP contribution in [0.2, 0.25) is 0 Å². The van der Waals surface area contributed by atoms with Gasteiger partial charge in [-0.3, -0.25) is 9.69 Å². The Labute approximate surface area is 170 Å². The lowest BCUT2D eigenvalue weighted by atomic mass is 10.1. The van der Waals surface area contributed by atoms with Crippen molar-refractivity contribution < 1.29 is 13.2 Å². The zero-order valence-corrected chi connectivity index (χ0v) is 18.0. The van der Waals surface area contributed by atoms with Gasteiger partial charge in [0, 0.05) is 37.1 Å². The number of nitrogens with one attached hydrogen (secondary N) is 1. The molecule has 1 atom stereocenters. The second-order valence-electron chi connectivity index (χ2n) is 6.90. The van der Waals surface area contributed by atoms with Gasteiger partial charge in [-0.05, 0) is 20.8 Å². The summed E-state index contributed by atoms with van der Waals surface area (Å²) in [6, 6.07) is 7.75. The molecular formula is C19H26N4O3S2. The number of nitrogens with zero attached hydrogens (tertiary/aromatic N) is 3. The van der Waals surface area contributed by atoms with Gasteiger partial charge >= 0.3 is 0 Å². The van der Waals surface area contributed by atoms with Crippen molar-refractivity contribution in [3.05, 3.63) is 35.2 Å². The fourth-order valence-corrected chi connectivity index (χ4v) is 4.92. The zero-order valence-electron chi connectivity index (χ0n) is 16.4. The Bertz CT molecular complexity index is 917. The van der Waals surface area contributed by atoms with Crippen LogP contribution in [0, 0.1) is 6.92 Å². The van der Waals surface area contributed by atoms with Gasteiger partial charge in [0.25, 0.3) is 0 Å². The maximum atomic E-state index is 12.6. The molecule has 28 heavy (non-hydrogen) atoms. The topological polar surface area (TPSA) is 82.6 Å². The van der Waals surface area contributed by atoms with E-state index in [1.807, 2.05) is 48.4 Å². The van der Waals surface area contributed by atoms with Crippen LogP contribution < -0.4 is 5.32 Å². The van der Waals surface area contributed by atoms with E-state index in [0.29, 0.717) is 31.3 Å². The van der Waals surface area contributed by atoms with E-state index in [1.165, 1.54) is 21.2 Å². The normalized spacial score (nSPS) is 17.4. The van der Waals surface area contributed by atoms with E-state index >= 15 is 0 Å². The molecule has 1 aliphatic heterocycles. The third-order valence-corrected chi connectivity index (χ3v) is 7.68. The molecule has 7 nitrogen and oxygen atoms in total. The number of carbonyl (C=O) groups is 1. The molecule has 3 rings (SSSR count). The highest BCUT2D eigenvalue weighted by atomic mass is 32.2. The summed E-state index contributed by atoms with van der Waals surface area (Å²) < 4.78 is 25.4. The molecule has 0 bridgehead atoms. The van der Waals surface area contributed by atoms with E-state index in [2.05, 4.69) is 10.3 Å². The van der Waals surface area contributed by atoms with Crippen molar-refractivity contribution in [2.24, 2.45) is 0 Å². The van der Waals surface area contributed by atoms with Crippen LogP contribution >= 0.6 is 11.3 Å². The lowest BCUT2D eigenvalue weighted by Gasteiger charge is -2.36. The Morgan fingerprint density at radius 3 is 2.46 bits per heavy atom. The molecule has 1 aromatic heterocycles. The lowest BCUT2D eigenvalue weighted by Crippen LogP contribution is -2.54. The first kappa shape index (κ1) is 20.9. The maximum absolute atomic E-state index is 12.6. The molecule has 1 N–H and O–H groups in total. The van der Waals surface area contributed by atoms with Crippen molar-refractivity contribution in [3.63, 3.8) is 0 Å². The quantitative estimate of drug-likeness (QED) is 0.773. The first-order valence-corrected chi connectivity index (χ1v) is 11.8. The van der Waals surface area contributed by atoms with Crippen LogP contribution in [0.15, 0.2) is 29.6 Å². The third kappa shape index (κ3) is 4.78. The van der Waals surface area contributed by atoms with Gasteiger partial charge in [-0.15, -0.1) is 11.3 Å². The Balaban J connectivity index is 1.57. The van der Waals surface area contributed by atoms with E-state index in [4.69, 9.17) is 0 Å². The molecule has 1 fully saturated rings. The predicted molar refractivity (Wildman–Crippen MR) is 113 cm³/mol. The predicted octanol–water partition coefficient (Wildman–Crippen LogP) is 2.41. The molecule has 2 aromatic rings. The number of sulfonamides is 1. The smallest absolute Gasteiger partial charge is 0.243 e. The second-order valence-corrected chi connectivity index (χ2v) is 10.0. The van der Waals surface area contributed by atoms with Crippen LogP contribution in [0.5, 0.6) is 0 Å². The van der Waals surface area contributed by atoms with E-state index in [9.17, 15) is 13.2 Å². The lowest BCUT2D eigenvalue weighted by molar-refractivity contribution is -0.121. The van der Waals surface area contributed by atoms with Crippen LogP contribution in [-0.4, -0.2) is 66.5 Å². The van der Waals surface area contributed by atoms with Gasteiger partial charge in [-0.25, -0.2) is 13.4 Å². The molecule has 1 amide bonds. The first-order chi connectivity index (χ1) is 13.3. The summed E-state index contributed by atoms with van der Waals surface area (Å²) in [4.78, 5) is 19.1. The summed E-state index contributed by atoms with van der Waals surface area (Å²) in [6.45, 7) is 7.45. The first-order valence-electron chi connectivity index (χ1n) is 9.35. The number of anilines is 1. The summed E-state index contributed by atoms with van der Waals surface area (Å²) in [5.74, 6) is -0.0206. The van der Waals surface area contributed by atoms with Gasteiger partial charge in [-0.1, -0.05) is 29.8 Å². The molecule has 9 heteroatoms. The number of benzene rings is 1. The molecule has 1 aromatic carbocycles. The van der Waals surface area contributed by atoms with Crippen molar-refractivity contribution in [2.45, 2.75) is 26.8 Å². The van der Waals surface area contributed by atoms with E-state index < -0.39 is 10.0 Å².